The third-order valence-corrected chi connectivity index (χ3v) is 5.62. The topological polar surface area (TPSA) is 98.1 Å². The predicted octanol–water partition coefficient (Wildman–Crippen LogP) is 3.12. The maximum Gasteiger partial charge on any atom is 0.325 e. The van der Waals surface area contributed by atoms with Gasteiger partial charge in [-0.1, -0.05) is 24.3 Å². The Morgan fingerprint density at radius 3 is 2.70 bits per heavy atom. The Morgan fingerprint density at radius 1 is 1.13 bits per heavy atom. The lowest BCUT2D eigenvalue weighted by atomic mass is 9.91. The molecule has 1 fully saturated rings. The van der Waals surface area contributed by atoms with Gasteiger partial charge in [0.25, 0.3) is 5.91 Å². The first-order chi connectivity index (χ1) is 14.4. The minimum atomic E-state index is -1.32. The van der Waals surface area contributed by atoms with Crippen molar-refractivity contribution in [2.75, 3.05) is 13.3 Å². The Bertz CT molecular complexity index is 1230. The molecule has 0 saturated carbocycles. The number of hydrogen-bond acceptors (Lipinski definition) is 6. The maximum atomic E-state index is 13.1. The molecular formula is C22H18N2O6. The summed E-state index contributed by atoms with van der Waals surface area (Å²) in [5.41, 5.74) is 0.489. The SMILES string of the molecule is Cc1c(C(=O)CN2C(=O)N[C@@](C)(c3ccc4c(c3)OCO4)C2=O)oc2ccccc12. The van der Waals surface area contributed by atoms with Gasteiger partial charge in [0.2, 0.25) is 12.6 Å². The van der Waals surface area contributed by atoms with E-state index in [1.807, 2.05) is 18.2 Å². The number of benzene rings is 2. The van der Waals surface area contributed by atoms with Crippen LogP contribution in [-0.4, -0.2) is 36.0 Å². The zero-order valence-corrected chi connectivity index (χ0v) is 16.4. The molecular weight excluding hydrogens is 388 g/mol. The molecule has 152 valence electrons. The van der Waals surface area contributed by atoms with Crippen LogP contribution in [0.4, 0.5) is 4.79 Å². The summed E-state index contributed by atoms with van der Waals surface area (Å²) in [4.78, 5) is 39.5. The number of nitrogens with one attached hydrogen (secondary N) is 1. The highest BCUT2D eigenvalue weighted by Gasteiger charge is 2.50. The number of furan rings is 1. The highest BCUT2D eigenvalue weighted by molar-refractivity contribution is 6.11. The van der Waals surface area contributed by atoms with Gasteiger partial charge in [0, 0.05) is 10.9 Å². The highest BCUT2D eigenvalue weighted by atomic mass is 16.7. The smallest absolute Gasteiger partial charge is 0.325 e. The number of amides is 3. The quantitative estimate of drug-likeness (QED) is 0.528. The number of para-hydroxylation sites is 1. The van der Waals surface area contributed by atoms with Gasteiger partial charge in [-0.2, -0.15) is 0 Å². The molecule has 8 heteroatoms. The molecule has 5 rings (SSSR count). The number of ether oxygens (including phenoxy) is 2. The average Bonchev–Trinajstić information content (AvgIpc) is 3.40. The number of fused-ring (bicyclic) bond motifs is 2. The van der Waals surface area contributed by atoms with Gasteiger partial charge in [-0.3, -0.25) is 14.5 Å². The lowest BCUT2D eigenvalue weighted by Gasteiger charge is -2.22. The first-order valence-corrected chi connectivity index (χ1v) is 9.44. The molecule has 0 radical (unpaired) electrons. The van der Waals surface area contributed by atoms with Gasteiger partial charge >= 0.3 is 6.03 Å². The van der Waals surface area contributed by atoms with Crippen LogP contribution in [0, 0.1) is 6.92 Å². The van der Waals surface area contributed by atoms with Gasteiger partial charge in [0.05, 0.1) is 6.54 Å². The molecule has 0 spiro atoms. The van der Waals surface area contributed by atoms with Crippen LogP contribution in [0.5, 0.6) is 11.5 Å². The predicted molar refractivity (Wildman–Crippen MR) is 105 cm³/mol. The van der Waals surface area contributed by atoms with E-state index in [2.05, 4.69) is 5.32 Å². The van der Waals surface area contributed by atoms with Crippen molar-refractivity contribution in [2.24, 2.45) is 0 Å². The van der Waals surface area contributed by atoms with Crippen molar-refractivity contribution in [3.05, 3.63) is 59.4 Å². The molecule has 1 N–H and O–H groups in total. The molecule has 8 nitrogen and oxygen atoms in total. The van der Waals surface area contributed by atoms with E-state index in [4.69, 9.17) is 13.9 Å². The third-order valence-electron chi connectivity index (χ3n) is 5.62. The fourth-order valence-corrected chi connectivity index (χ4v) is 3.90. The zero-order valence-electron chi connectivity index (χ0n) is 16.4. The number of urea groups is 1. The Balaban J connectivity index is 1.43. The molecule has 3 aromatic rings. The summed E-state index contributed by atoms with van der Waals surface area (Å²) in [7, 11) is 0. The number of ketones is 1. The average molecular weight is 406 g/mol. The summed E-state index contributed by atoms with van der Waals surface area (Å²) >= 11 is 0. The Labute approximate surface area is 171 Å². The van der Waals surface area contributed by atoms with E-state index in [1.165, 1.54) is 0 Å². The minimum absolute atomic E-state index is 0.104. The summed E-state index contributed by atoms with van der Waals surface area (Å²) in [5.74, 6) is 0.263. The van der Waals surface area contributed by atoms with Gasteiger partial charge in [0.15, 0.2) is 17.3 Å². The number of carbonyl (C=O) groups excluding carboxylic acids is 3. The summed E-state index contributed by atoms with van der Waals surface area (Å²) in [5, 5.41) is 3.52. The van der Waals surface area contributed by atoms with E-state index < -0.39 is 29.8 Å². The summed E-state index contributed by atoms with van der Waals surface area (Å²) in [6, 6.07) is 11.7. The van der Waals surface area contributed by atoms with Crippen LogP contribution in [0.25, 0.3) is 11.0 Å². The Hall–Kier alpha value is -3.81. The second kappa shape index (κ2) is 6.35. The molecule has 0 aliphatic carbocycles. The van der Waals surface area contributed by atoms with Crippen LogP contribution >= 0.6 is 0 Å². The number of Topliss-reactive ketones (excluding diaryl/α,β-unsaturated/α-hetero) is 1. The number of carbonyl (C=O) groups is 3. The molecule has 3 amide bonds. The number of hydrogen-bond donors (Lipinski definition) is 1. The Morgan fingerprint density at radius 2 is 1.90 bits per heavy atom. The van der Waals surface area contributed by atoms with Gasteiger partial charge in [0.1, 0.15) is 11.1 Å². The molecule has 1 aromatic heterocycles. The van der Waals surface area contributed by atoms with Crippen LogP contribution < -0.4 is 14.8 Å². The van der Waals surface area contributed by atoms with Gasteiger partial charge < -0.3 is 19.2 Å². The first kappa shape index (κ1) is 18.2. The number of imide groups is 1. The number of rotatable bonds is 4. The van der Waals surface area contributed by atoms with Gasteiger partial charge in [-0.15, -0.1) is 0 Å². The van der Waals surface area contributed by atoms with Crippen molar-refractivity contribution in [3.8, 4) is 11.5 Å². The second-order valence-electron chi connectivity index (χ2n) is 7.49. The van der Waals surface area contributed by atoms with Crippen molar-refractivity contribution in [3.63, 3.8) is 0 Å². The molecule has 2 aliphatic rings. The molecule has 2 aromatic carbocycles. The number of nitrogens with zero attached hydrogens (tertiary/aromatic N) is 1. The lowest BCUT2D eigenvalue weighted by Crippen LogP contribution is -2.41. The Kier molecular flexibility index (Phi) is 3.86. The van der Waals surface area contributed by atoms with Crippen molar-refractivity contribution in [1.29, 1.82) is 0 Å². The molecule has 30 heavy (non-hydrogen) atoms. The van der Waals surface area contributed by atoms with Crippen LogP contribution in [-0.2, 0) is 10.3 Å². The normalized spacial score (nSPS) is 20.1. The van der Waals surface area contributed by atoms with Crippen LogP contribution in [0.1, 0.15) is 28.6 Å². The molecule has 0 bridgehead atoms. The van der Waals surface area contributed by atoms with E-state index in [0.717, 1.165) is 10.3 Å². The van der Waals surface area contributed by atoms with Gasteiger partial charge in [-0.05, 0) is 37.6 Å². The first-order valence-electron chi connectivity index (χ1n) is 9.44. The molecule has 1 atom stereocenters. The fraction of sp³-hybridized carbons (Fsp3) is 0.227. The zero-order chi connectivity index (χ0) is 21.0. The van der Waals surface area contributed by atoms with Crippen molar-refractivity contribution < 1.29 is 28.3 Å². The third kappa shape index (κ3) is 2.57. The summed E-state index contributed by atoms with van der Waals surface area (Å²) in [6.45, 7) is 3.07. The lowest BCUT2D eigenvalue weighted by molar-refractivity contribution is -0.130. The summed E-state index contributed by atoms with van der Waals surface area (Å²) < 4.78 is 16.3. The van der Waals surface area contributed by atoms with E-state index in [1.54, 1.807) is 38.1 Å². The highest BCUT2D eigenvalue weighted by Crippen LogP contribution is 2.38. The molecule has 3 heterocycles. The van der Waals surface area contributed by atoms with E-state index >= 15 is 0 Å². The maximum absolute atomic E-state index is 13.1. The fourth-order valence-electron chi connectivity index (χ4n) is 3.90. The van der Waals surface area contributed by atoms with Crippen molar-refractivity contribution in [2.45, 2.75) is 19.4 Å². The second-order valence-corrected chi connectivity index (χ2v) is 7.49. The van der Waals surface area contributed by atoms with Gasteiger partial charge in [-0.25, -0.2) is 4.79 Å². The van der Waals surface area contributed by atoms with Crippen molar-refractivity contribution >= 4 is 28.7 Å². The van der Waals surface area contributed by atoms with Crippen LogP contribution in [0.3, 0.4) is 0 Å². The van der Waals surface area contributed by atoms with Crippen LogP contribution in [0.15, 0.2) is 46.9 Å². The standard InChI is InChI=1S/C22H18N2O6/c1-12-14-5-3-4-6-16(14)30-19(12)15(25)10-24-20(26)22(2,23-21(24)27)13-7-8-17-18(9-13)29-11-28-17/h3-9H,10-11H2,1-2H3,(H,23,27)/t22-/m0/s1. The molecule has 2 aliphatic heterocycles. The van der Waals surface area contributed by atoms with Crippen molar-refractivity contribution in [1.82, 2.24) is 10.2 Å². The monoisotopic (exact) mass is 406 g/mol. The van der Waals surface area contributed by atoms with E-state index in [0.29, 0.717) is 28.2 Å². The number of aryl methyl sites for hydroxylation is 1. The van der Waals surface area contributed by atoms with E-state index in [-0.39, 0.29) is 12.6 Å². The minimum Gasteiger partial charge on any atom is -0.454 e. The largest absolute Gasteiger partial charge is 0.454 e. The van der Waals surface area contributed by atoms with E-state index in [9.17, 15) is 14.4 Å². The molecule has 0 unspecified atom stereocenters. The molecule has 1 saturated heterocycles. The summed E-state index contributed by atoms with van der Waals surface area (Å²) in [6.07, 6.45) is 0. The van der Waals surface area contributed by atoms with Crippen LogP contribution in [0.2, 0.25) is 0 Å².